The zero-order chi connectivity index (χ0) is 20.5. The van der Waals surface area contributed by atoms with Gasteiger partial charge in [0.1, 0.15) is 6.04 Å². The molecule has 1 unspecified atom stereocenters. The lowest BCUT2D eigenvalue weighted by Crippen LogP contribution is -2.10. The maximum atomic E-state index is 8.96. The Morgan fingerprint density at radius 2 is 1.76 bits per heavy atom. The smallest absolute Gasteiger partial charge is 0.161 e. The average Bonchev–Trinajstić information content (AvgIpc) is 2.78. The van der Waals surface area contributed by atoms with Crippen LogP contribution in [0.15, 0.2) is 89.0 Å². The van der Waals surface area contributed by atoms with Crippen molar-refractivity contribution in [2.24, 2.45) is 10.1 Å². The predicted molar refractivity (Wildman–Crippen MR) is 119 cm³/mol. The fraction of sp³-hybridized carbons (Fsp3) is 0.0909. The number of anilines is 1. The summed E-state index contributed by atoms with van der Waals surface area (Å²) in [6, 6.07) is 26.5. The third-order valence-corrected chi connectivity index (χ3v) is 4.76. The van der Waals surface area contributed by atoms with Gasteiger partial charge in [-0.25, -0.2) is 4.99 Å². The van der Waals surface area contributed by atoms with Crippen molar-refractivity contribution in [1.82, 2.24) is 0 Å². The highest BCUT2D eigenvalue weighted by Gasteiger charge is 2.15. The van der Waals surface area contributed by atoms with Crippen molar-refractivity contribution < 1.29 is 0 Å². The lowest BCUT2D eigenvalue weighted by Gasteiger charge is -2.17. The normalized spacial score (nSPS) is 11.8. The van der Waals surface area contributed by atoms with Crippen molar-refractivity contribution in [1.29, 1.82) is 5.26 Å². The van der Waals surface area contributed by atoms with Crippen LogP contribution in [0.5, 0.6) is 0 Å². The molecule has 3 aromatic carbocycles. The van der Waals surface area contributed by atoms with E-state index in [-0.39, 0.29) is 6.04 Å². The van der Waals surface area contributed by atoms with Gasteiger partial charge in [0.25, 0.3) is 0 Å². The van der Waals surface area contributed by atoms with Crippen LogP contribution in [0.3, 0.4) is 0 Å². The minimum absolute atomic E-state index is 0.265. The minimum Gasteiger partial charge on any atom is -0.335 e. The Bertz CT molecular complexity index is 1080. The van der Waals surface area contributed by atoms with Crippen LogP contribution in [0.4, 0.5) is 11.4 Å². The molecule has 0 aliphatic rings. The molecule has 0 aromatic heterocycles. The topological polar surface area (TPSA) is 96.9 Å². The average molecular weight is 398 g/mol. The highest BCUT2D eigenvalue weighted by Crippen LogP contribution is 2.30. The molecular formula is C22H18N6S. The maximum absolute atomic E-state index is 8.96. The first-order chi connectivity index (χ1) is 14.2. The van der Waals surface area contributed by atoms with Crippen LogP contribution in [0, 0.1) is 11.3 Å². The van der Waals surface area contributed by atoms with Gasteiger partial charge in [0.2, 0.25) is 0 Å². The van der Waals surface area contributed by atoms with E-state index in [4.69, 9.17) is 15.8 Å². The van der Waals surface area contributed by atoms with Crippen molar-refractivity contribution in [3.8, 4) is 6.07 Å². The van der Waals surface area contributed by atoms with Gasteiger partial charge in [-0.1, -0.05) is 65.4 Å². The molecule has 7 heteroatoms. The van der Waals surface area contributed by atoms with Gasteiger partial charge < -0.3 is 5.32 Å². The largest absolute Gasteiger partial charge is 0.335 e. The van der Waals surface area contributed by atoms with Crippen molar-refractivity contribution in [2.45, 2.75) is 6.04 Å². The molecule has 0 spiro atoms. The van der Waals surface area contributed by atoms with E-state index in [0.29, 0.717) is 11.3 Å². The summed E-state index contributed by atoms with van der Waals surface area (Å²) in [6.45, 7) is 0. The molecule has 6 nitrogen and oxygen atoms in total. The number of thioether (sulfide) groups is 1. The van der Waals surface area contributed by atoms with E-state index >= 15 is 0 Å². The van der Waals surface area contributed by atoms with Crippen LogP contribution in [0.25, 0.3) is 10.4 Å². The van der Waals surface area contributed by atoms with E-state index in [1.165, 1.54) is 11.8 Å². The number of azide groups is 1. The summed E-state index contributed by atoms with van der Waals surface area (Å²) in [6.07, 6.45) is 1.95. The number of rotatable bonds is 5. The summed E-state index contributed by atoms with van der Waals surface area (Å²) in [5, 5.41) is 16.7. The van der Waals surface area contributed by atoms with Gasteiger partial charge in [0.05, 0.1) is 11.6 Å². The molecule has 1 atom stereocenters. The predicted octanol–water partition coefficient (Wildman–Crippen LogP) is 6.42. The molecule has 29 heavy (non-hydrogen) atoms. The van der Waals surface area contributed by atoms with Gasteiger partial charge in [-0.2, -0.15) is 5.26 Å². The zero-order valence-corrected chi connectivity index (χ0v) is 16.5. The monoisotopic (exact) mass is 398 g/mol. The lowest BCUT2D eigenvalue weighted by atomic mass is 9.99. The zero-order valence-electron chi connectivity index (χ0n) is 15.7. The number of nitrogens with zero attached hydrogens (tertiary/aromatic N) is 5. The third-order valence-electron chi connectivity index (χ3n) is 4.17. The molecule has 0 amide bonds. The Hall–Kier alpha value is -3.72. The van der Waals surface area contributed by atoms with E-state index < -0.39 is 0 Å². The highest BCUT2D eigenvalue weighted by atomic mass is 32.2. The van der Waals surface area contributed by atoms with Gasteiger partial charge in [-0.15, -0.1) is 0 Å². The Balaban J connectivity index is 1.99. The van der Waals surface area contributed by atoms with E-state index in [9.17, 15) is 0 Å². The molecule has 0 bridgehead atoms. The summed E-state index contributed by atoms with van der Waals surface area (Å²) in [4.78, 5) is 7.82. The fourth-order valence-corrected chi connectivity index (χ4v) is 3.22. The minimum atomic E-state index is -0.265. The first kappa shape index (κ1) is 20.0. The Kier molecular flexibility index (Phi) is 6.90. The number of hydrogen-bond acceptors (Lipinski definition) is 4. The fourth-order valence-electron chi connectivity index (χ4n) is 2.79. The quantitative estimate of drug-likeness (QED) is 0.176. The summed E-state index contributed by atoms with van der Waals surface area (Å²) in [5.74, 6) is 0. The van der Waals surface area contributed by atoms with Gasteiger partial charge in [0.15, 0.2) is 5.17 Å². The second-order valence-corrected chi connectivity index (χ2v) is 6.85. The van der Waals surface area contributed by atoms with Crippen LogP contribution in [-0.2, 0) is 0 Å². The number of nitrogens with one attached hydrogen (secondary N) is 1. The molecule has 142 valence electrons. The van der Waals surface area contributed by atoms with Gasteiger partial charge in [0, 0.05) is 16.3 Å². The number of benzene rings is 3. The Morgan fingerprint density at radius 1 is 1.03 bits per heavy atom. The van der Waals surface area contributed by atoms with Crippen LogP contribution < -0.4 is 5.32 Å². The van der Waals surface area contributed by atoms with E-state index in [1.54, 1.807) is 18.2 Å². The standard InChI is InChI=1S/C22H18N6S/c1-29-22(25-19-12-10-16(15-23)11-13-19)26-21(17-6-3-2-4-7-17)18-8-5-9-20(14-18)27-28-24/h2-14,21H,1H3,(H,25,26). The molecule has 3 aromatic rings. The lowest BCUT2D eigenvalue weighted by molar-refractivity contribution is 0.876. The second-order valence-electron chi connectivity index (χ2n) is 6.05. The molecule has 0 radical (unpaired) electrons. The summed E-state index contributed by atoms with van der Waals surface area (Å²) < 4.78 is 0. The SMILES string of the molecule is CSC(=NC(c1ccccc1)c1cccc(N=[N+]=[N-])c1)Nc1ccc(C#N)cc1. The summed E-state index contributed by atoms with van der Waals surface area (Å²) in [5.41, 5.74) is 12.7. The molecule has 3 rings (SSSR count). The maximum Gasteiger partial charge on any atom is 0.161 e. The van der Waals surface area contributed by atoms with E-state index in [2.05, 4.69) is 21.4 Å². The molecule has 1 N–H and O–H groups in total. The third kappa shape index (κ3) is 5.39. The number of hydrogen-bond donors (Lipinski definition) is 1. The van der Waals surface area contributed by atoms with Crippen LogP contribution in [0.2, 0.25) is 0 Å². The highest BCUT2D eigenvalue weighted by molar-refractivity contribution is 8.13. The second kappa shape index (κ2) is 10.00. The van der Waals surface area contributed by atoms with E-state index in [0.717, 1.165) is 22.0 Å². The van der Waals surface area contributed by atoms with Crippen LogP contribution in [0.1, 0.15) is 22.7 Å². The molecule has 0 saturated carbocycles. The van der Waals surface area contributed by atoms with Crippen molar-refractivity contribution >= 4 is 28.3 Å². The number of nitriles is 1. The number of amidine groups is 1. The molecule has 0 aliphatic carbocycles. The summed E-state index contributed by atoms with van der Waals surface area (Å²) >= 11 is 1.50. The Labute approximate surface area is 173 Å². The first-order valence-electron chi connectivity index (χ1n) is 8.82. The van der Waals surface area contributed by atoms with E-state index in [1.807, 2.05) is 66.9 Å². The summed E-state index contributed by atoms with van der Waals surface area (Å²) in [7, 11) is 0. The first-order valence-corrected chi connectivity index (χ1v) is 10.0. The molecule has 0 saturated heterocycles. The van der Waals surface area contributed by atoms with Gasteiger partial charge >= 0.3 is 0 Å². The molecule has 0 fully saturated rings. The Morgan fingerprint density at radius 3 is 2.41 bits per heavy atom. The van der Waals surface area contributed by atoms with Crippen LogP contribution >= 0.6 is 11.8 Å². The van der Waals surface area contributed by atoms with Crippen LogP contribution in [-0.4, -0.2) is 11.4 Å². The molecule has 0 aliphatic heterocycles. The van der Waals surface area contributed by atoms with Crippen molar-refractivity contribution in [3.63, 3.8) is 0 Å². The van der Waals surface area contributed by atoms with Gasteiger partial charge in [-0.3, -0.25) is 0 Å². The molecule has 0 heterocycles. The molecular weight excluding hydrogens is 380 g/mol. The van der Waals surface area contributed by atoms with Crippen molar-refractivity contribution in [3.05, 3.63) is 106 Å². The van der Waals surface area contributed by atoms with Gasteiger partial charge in [-0.05, 0) is 53.2 Å². The number of aliphatic imine (C=N–C) groups is 1. The van der Waals surface area contributed by atoms with Crippen molar-refractivity contribution in [2.75, 3.05) is 11.6 Å².